The Hall–Kier alpha value is -0.260. The second-order valence-corrected chi connectivity index (χ2v) is 4.00. The van der Waals surface area contributed by atoms with Crippen LogP contribution >= 0.6 is 11.8 Å². The van der Waals surface area contributed by atoms with Crippen molar-refractivity contribution in [2.24, 2.45) is 0 Å². The van der Waals surface area contributed by atoms with Gasteiger partial charge in [0.05, 0.1) is 7.11 Å². The molecule has 1 saturated heterocycles. The van der Waals surface area contributed by atoms with E-state index in [2.05, 4.69) is 10.3 Å². The molecule has 1 rings (SSSR count). The summed E-state index contributed by atoms with van der Waals surface area (Å²) in [5.41, 5.74) is 0.950. The van der Waals surface area contributed by atoms with E-state index in [1.165, 1.54) is 7.11 Å². The molecule has 70 valence electrons. The zero-order chi connectivity index (χ0) is 9.03. The number of carbonyl (C=O) groups excluding carboxylic acids is 1. The lowest BCUT2D eigenvalue weighted by Crippen LogP contribution is -2.48. The molecule has 0 radical (unpaired) electrons. The number of thioether (sulfide) groups is 1. The molecule has 0 atom stereocenters. The van der Waals surface area contributed by atoms with Crippen molar-refractivity contribution < 1.29 is 14.7 Å². The van der Waals surface area contributed by atoms with E-state index in [1.54, 1.807) is 11.8 Å². The summed E-state index contributed by atoms with van der Waals surface area (Å²) in [6, 6.07) is 0. The molecule has 1 aliphatic heterocycles. The highest BCUT2D eigenvalue weighted by Gasteiger charge is 2.37. The average molecular weight is 191 g/mol. The van der Waals surface area contributed by atoms with Gasteiger partial charge in [0, 0.05) is 0 Å². The van der Waals surface area contributed by atoms with Gasteiger partial charge in [-0.25, -0.2) is 5.48 Å². The highest BCUT2D eigenvalue weighted by atomic mass is 32.2. The Balaban J connectivity index is 2.50. The topological polar surface area (TPSA) is 58.6 Å². The summed E-state index contributed by atoms with van der Waals surface area (Å²) in [6.45, 7) is 0. The fraction of sp³-hybridized carbons (Fsp3) is 0.857. The third kappa shape index (κ3) is 2.12. The number of hydrogen-bond donors (Lipinski definition) is 2. The molecule has 1 aliphatic rings. The lowest BCUT2D eigenvalue weighted by molar-refractivity contribution is -0.151. The predicted octanol–water partition coefficient (Wildman–Crippen LogP) is -0.0779. The highest BCUT2D eigenvalue weighted by molar-refractivity contribution is 7.99. The Morgan fingerprint density at radius 2 is 2.17 bits per heavy atom. The molecular formula is C7H13NO3S. The first-order chi connectivity index (χ1) is 5.69. The van der Waals surface area contributed by atoms with Gasteiger partial charge in [-0.05, 0) is 24.3 Å². The predicted molar refractivity (Wildman–Crippen MR) is 46.7 cm³/mol. The first-order valence-electron chi connectivity index (χ1n) is 3.82. The number of amides is 1. The van der Waals surface area contributed by atoms with E-state index in [9.17, 15) is 9.90 Å². The van der Waals surface area contributed by atoms with E-state index in [0.717, 1.165) is 11.5 Å². The van der Waals surface area contributed by atoms with Gasteiger partial charge < -0.3 is 5.11 Å². The number of nitrogens with one attached hydrogen (secondary N) is 1. The van der Waals surface area contributed by atoms with Crippen molar-refractivity contribution in [1.82, 2.24) is 5.48 Å². The molecule has 0 bridgehead atoms. The van der Waals surface area contributed by atoms with Gasteiger partial charge in [0.15, 0.2) is 0 Å². The number of hydrogen-bond acceptors (Lipinski definition) is 4. The van der Waals surface area contributed by atoms with E-state index in [-0.39, 0.29) is 0 Å². The summed E-state index contributed by atoms with van der Waals surface area (Å²) < 4.78 is 0. The Kier molecular flexibility index (Phi) is 3.37. The Bertz CT molecular complexity index is 168. The molecular weight excluding hydrogens is 178 g/mol. The van der Waals surface area contributed by atoms with E-state index < -0.39 is 11.5 Å². The van der Waals surface area contributed by atoms with Crippen LogP contribution in [0.15, 0.2) is 0 Å². The van der Waals surface area contributed by atoms with Gasteiger partial charge in [0.2, 0.25) is 0 Å². The van der Waals surface area contributed by atoms with Crippen LogP contribution in [0.1, 0.15) is 12.8 Å². The number of hydroxylamine groups is 1. The molecule has 5 heteroatoms. The van der Waals surface area contributed by atoms with Crippen molar-refractivity contribution in [3.05, 3.63) is 0 Å². The quantitative estimate of drug-likeness (QED) is 0.599. The maximum Gasteiger partial charge on any atom is 0.275 e. The smallest absolute Gasteiger partial charge is 0.275 e. The van der Waals surface area contributed by atoms with Gasteiger partial charge in [0.25, 0.3) is 5.91 Å². The van der Waals surface area contributed by atoms with Crippen LogP contribution < -0.4 is 5.48 Å². The molecule has 2 N–H and O–H groups in total. The van der Waals surface area contributed by atoms with Crippen LogP contribution in [-0.4, -0.2) is 35.2 Å². The second kappa shape index (κ2) is 4.11. The Labute approximate surface area is 75.6 Å². The maximum absolute atomic E-state index is 11.2. The van der Waals surface area contributed by atoms with Crippen LogP contribution in [0.4, 0.5) is 0 Å². The van der Waals surface area contributed by atoms with Crippen LogP contribution in [0, 0.1) is 0 Å². The standard InChI is InChI=1S/C7H13NO3S/c1-11-8-6(9)7(10)2-4-12-5-3-7/h10H,2-5H2,1H3,(H,8,9). The van der Waals surface area contributed by atoms with Crippen molar-refractivity contribution in [3.8, 4) is 0 Å². The van der Waals surface area contributed by atoms with Gasteiger partial charge in [-0.15, -0.1) is 0 Å². The second-order valence-electron chi connectivity index (χ2n) is 2.78. The molecule has 1 amide bonds. The van der Waals surface area contributed by atoms with Gasteiger partial charge in [0.1, 0.15) is 5.60 Å². The third-order valence-electron chi connectivity index (χ3n) is 1.94. The SMILES string of the molecule is CONC(=O)C1(O)CCSCC1. The minimum absolute atomic E-state index is 0.426. The largest absolute Gasteiger partial charge is 0.380 e. The summed E-state index contributed by atoms with van der Waals surface area (Å²) in [5, 5.41) is 9.77. The molecule has 0 spiro atoms. The molecule has 0 aliphatic carbocycles. The van der Waals surface area contributed by atoms with Crippen molar-refractivity contribution >= 4 is 17.7 Å². The Morgan fingerprint density at radius 1 is 1.58 bits per heavy atom. The van der Waals surface area contributed by atoms with Gasteiger partial charge in [-0.1, -0.05) is 0 Å². The van der Waals surface area contributed by atoms with Crippen LogP contribution in [0.5, 0.6) is 0 Å². The van der Waals surface area contributed by atoms with Gasteiger partial charge in [-0.2, -0.15) is 11.8 Å². The molecule has 0 aromatic heterocycles. The summed E-state index contributed by atoms with van der Waals surface area (Å²) in [7, 11) is 1.36. The summed E-state index contributed by atoms with van der Waals surface area (Å²) >= 11 is 1.75. The van der Waals surface area contributed by atoms with E-state index in [0.29, 0.717) is 12.8 Å². The maximum atomic E-state index is 11.2. The van der Waals surface area contributed by atoms with Crippen LogP contribution in [0.3, 0.4) is 0 Å². The number of carbonyl (C=O) groups is 1. The third-order valence-corrected chi connectivity index (χ3v) is 2.92. The summed E-state index contributed by atoms with van der Waals surface area (Å²) in [4.78, 5) is 15.7. The first kappa shape index (κ1) is 9.83. The lowest BCUT2D eigenvalue weighted by Gasteiger charge is -2.29. The minimum Gasteiger partial charge on any atom is -0.380 e. The normalized spacial score (nSPS) is 21.8. The summed E-state index contributed by atoms with van der Waals surface area (Å²) in [5.74, 6) is 1.23. The fourth-order valence-electron chi connectivity index (χ4n) is 1.12. The van der Waals surface area contributed by atoms with Crippen molar-refractivity contribution in [2.75, 3.05) is 18.6 Å². The molecule has 0 aromatic rings. The molecule has 1 fully saturated rings. The number of rotatable bonds is 2. The van der Waals surface area contributed by atoms with Crippen molar-refractivity contribution in [3.63, 3.8) is 0 Å². The van der Waals surface area contributed by atoms with Crippen molar-refractivity contribution in [1.29, 1.82) is 0 Å². The van der Waals surface area contributed by atoms with Crippen LogP contribution in [-0.2, 0) is 9.63 Å². The molecule has 1 heterocycles. The monoisotopic (exact) mass is 191 g/mol. The van der Waals surface area contributed by atoms with Crippen LogP contribution in [0.2, 0.25) is 0 Å². The van der Waals surface area contributed by atoms with E-state index >= 15 is 0 Å². The fourth-order valence-corrected chi connectivity index (χ4v) is 2.29. The zero-order valence-electron chi connectivity index (χ0n) is 7.00. The van der Waals surface area contributed by atoms with Crippen LogP contribution in [0.25, 0.3) is 0 Å². The lowest BCUT2D eigenvalue weighted by atomic mass is 9.96. The first-order valence-corrected chi connectivity index (χ1v) is 4.98. The highest BCUT2D eigenvalue weighted by Crippen LogP contribution is 2.26. The molecule has 0 saturated carbocycles. The Morgan fingerprint density at radius 3 is 2.67 bits per heavy atom. The summed E-state index contributed by atoms with van der Waals surface area (Å²) in [6.07, 6.45) is 1.01. The molecule has 12 heavy (non-hydrogen) atoms. The zero-order valence-corrected chi connectivity index (χ0v) is 7.82. The molecule has 4 nitrogen and oxygen atoms in total. The van der Waals surface area contributed by atoms with Gasteiger partial charge in [-0.3, -0.25) is 9.63 Å². The molecule has 0 unspecified atom stereocenters. The van der Waals surface area contributed by atoms with E-state index in [4.69, 9.17) is 0 Å². The average Bonchev–Trinajstić information content (AvgIpc) is 2.06. The molecule has 0 aromatic carbocycles. The minimum atomic E-state index is -1.21. The van der Waals surface area contributed by atoms with Gasteiger partial charge >= 0.3 is 0 Å². The van der Waals surface area contributed by atoms with E-state index in [1.807, 2.05) is 0 Å². The van der Waals surface area contributed by atoms with Crippen molar-refractivity contribution in [2.45, 2.75) is 18.4 Å². The number of aliphatic hydroxyl groups is 1.